The Morgan fingerprint density at radius 2 is 1.79 bits per heavy atom. The van der Waals surface area contributed by atoms with Crippen molar-refractivity contribution in [3.8, 4) is 0 Å². The van der Waals surface area contributed by atoms with Crippen molar-refractivity contribution in [1.82, 2.24) is 9.88 Å². The fraction of sp³-hybridized carbons (Fsp3) is 0.333. The molecule has 33 heavy (non-hydrogen) atoms. The van der Waals surface area contributed by atoms with Gasteiger partial charge in [-0.15, -0.1) is 11.3 Å². The lowest BCUT2D eigenvalue weighted by Crippen LogP contribution is -2.41. The van der Waals surface area contributed by atoms with Crippen molar-refractivity contribution < 1.29 is 41.4 Å². The number of benzene rings is 1. The van der Waals surface area contributed by atoms with Crippen LogP contribution in [-0.2, 0) is 33.5 Å². The first-order chi connectivity index (χ1) is 14.7. The molecule has 2 heterocycles. The number of amides is 1. The lowest BCUT2D eigenvalue weighted by atomic mass is 10.1. The highest BCUT2D eigenvalue weighted by molar-refractivity contribution is 8.45. The number of hydrogen-bond donors (Lipinski definition) is 0. The quantitative estimate of drug-likeness (QED) is 0.419. The number of carbonyl (C=O) groups is 1. The van der Waals surface area contributed by atoms with Gasteiger partial charge in [-0.1, -0.05) is 31.6 Å². The Kier molecular flexibility index (Phi) is 5.74. The zero-order valence-electron chi connectivity index (χ0n) is 16.7. The van der Waals surface area contributed by atoms with Crippen LogP contribution in [0.15, 0.2) is 46.0 Å². The van der Waals surface area contributed by atoms with Crippen LogP contribution in [0.1, 0.15) is 23.2 Å². The zero-order valence-corrected chi connectivity index (χ0v) is 19.2. The Bertz CT molecular complexity index is 1200. The molecule has 0 fully saturated rings. The van der Waals surface area contributed by atoms with Gasteiger partial charge in [-0.05, 0) is 23.8 Å². The topological polar surface area (TPSA) is 67.3 Å². The van der Waals surface area contributed by atoms with E-state index in [2.05, 4.69) is 4.98 Å². The van der Waals surface area contributed by atoms with Crippen LogP contribution in [0.5, 0.6) is 0 Å². The number of aromatic nitrogens is 1. The first-order valence-electron chi connectivity index (χ1n) is 9.10. The summed E-state index contributed by atoms with van der Waals surface area (Å²) in [5.74, 6) is -4.45. The van der Waals surface area contributed by atoms with Crippen LogP contribution in [-0.4, -0.2) is 36.0 Å². The highest BCUT2D eigenvalue weighted by Gasteiger charge is 2.65. The first-order valence-corrected chi connectivity index (χ1v) is 13.6. The maximum absolute atomic E-state index is 13.5. The van der Waals surface area contributed by atoms with Crippen molar-refractivity contribution in [3.63, 3.8) is 0 Å². The summed E-state index contributed by atoms with van der Waals surface area (Å²) in [5, 5.41) is 2.08. The maximum atomic E-state index is 13.5. The van der Waals surface area contributed by atoms with Gasteiger partial charge in [0.1, 0.15) is 15.6 Å². The number of alkyl halides is 2. The molecule has 0 aliphatic carbocycles. The van der Waals surface area contributed by atoms with Crippen molar-refractivity contribution in [2.45, 2.75) is 36.7 Å². The minimum atomic E-state index is -9.87. The van der Waals surface area contributed by atoms with E-state index in [1.807, 2.05) is 0 Å². The second-order valence-electron chi connectivity index (χ2n) is 7.55. The lowest BCUT2D eigenvalue weighted by molar-refractivity contribution is -0.132. The van der Waals surface area contributed by atoms with Gasteiger partial charge in [0.15, 0.2) is 9.84 Å². The highest BCUT2D eigenvalue weighted by atomic mass is 32.5. The van der Waals surface area contributed by atoms with Crippen LogP contribution in [0, 0.1) is 0 Å². The minimum Gasteiger partial charge on any atom is -0.328 e. The van der Waals surface area contributed by atoms with Gasteiger partial charge in [-0.2, -0.15) is 8.78 Å². The molecule has 1 amide bonds. The van der Waals surface area contributed by atoms with E-state index < -0.39 is 60.7 Å². The molecule has 1 aliphatic heterocycles. The summed E-state index contributed by atoms with van der Waals surface area (Å²) in [6.07, 6.45) is 0.695. The van der Waals surface area contributed by atoms with Crippen LogP contribution >= 0.6 is 21.6 Å². The molecule has 1 aromatic carbocycles. The second-order valence-corrected chi connectivity index (χ2v) is 12.8. The van der Waals surface area contributed by atoms with Crippen molar-refractivity contribution in [1.29, 1.82) is 0 Å². The maximum Gasteiger partial charge on any atom is 0.310 e. The lowest BCUT2D eigenvalue weighted by Gasteiger charge is -2.40. The average molecular weight is 539 g/mol. The van der Waals surface area contributed by atoms with Crippen LogP contribution < -0.4 is 0 Å². The van der Waals surface area contributed by atoms with Gasteiger partial charge in [-0.25, -0.2) is 13.4 Å². The van der Waals surface area contributed by atoms with Gasteiger partial charge < -0.3 is 4.90 Å². The second kappa shape index (κ2) is 7.43. The Hall–Kier alpha value is -2.13. The smallest absolute Gasteiger partial charge is 0.310 e. The van der Waals surface area contributed by atoms with Crippen LogP contribution in [0.25, 0.3) is 0 Å². The van der Waals surface area contributed by atoms with E-state index >= 15 is 0 Å². The molecule has 0 saturated heterocycles. The number of hydrogen-bond acceptors (Lipinski definition) is 5. The summed E-state index contributed by atoms with van der Waals surface area (Å²) in [4.78, 5) is 15.6. The fourth-order valence-electron chi connectivity index (χ4n) is 3.02. The normalized spacial score (nSPS) is 20.3. The van der Waals surface area contributed by atoms with Crippen molar-refractivity contribution in [2.24, 2.45) is 0 Å². The number of nitrogens with zero attached hydrogens (tertiary/aromatic N) is 2. The van der Waals surface area contributed by atoms with Gasteiger partial charge in [-0.3, -0.25) is 4.79 Å². The first kappa shape index (κ1) is 25.5. The number of carbonyl (C=O) groups excluding carboxylic acids is 1. The Labute approximate surface area is 188 Å². The Morgan fingerprint density at radius 1 is 1.18 bits per heavy atom. The summed E-state index contributed by atoms with van der Waals surface area (Å²) >= 11 is 0.828. The third-order valence-electron chi connectivity index (χ3n) is 4.66. The molecule has 15 heteroatoms. The van der Waals surface area contributed by atoms with E-state index in [9.17, 15) is 41.4 Å². The van der Waals surface area contributed by atoms with Gasteiger partial charge in [0.2, 0.25) is 5.91 Å². The third-order valence-corrected chi connectivity index (χ3v) is 8.04. The largest absolute Gasteiger partial charge is 0.328 e. The molecule has 0 saturated carbocycles. The molecule has 184 valence electrons. The number of halogens is 7. The van der Waals surface area contributed by atoms with Crippen LogP contribution in [0.3, 0.4) is 0 Å². The summed E-state index contributed by atoms with van der Waals surface area (Å²) in [6, 6.07) is 0.837. The number of thiazole rings is 1. The summed E-state index contributed by atoms with van der Waals surface area (Å²) in [7, 11) is -13.5. The fourth-order valence-corrected chi connectivity index (χ4v) is 5.84. The molecular formula is C18H17F7N2O3S3. The van der Waals surface area contributed by atoms with Gasteiger partial charge >= 0.3 is 10.2 Å². The molecule has 1 aromatic heterocycles. The van der Waals surface area contributed by atoms with E-state index in [-0.39, 0.29) is 29.2 Å². The average Bonchev–Trinajstić information content (AvgIpc) is 3.24. The molecule has 1 atom stereocenters. The molecule has 0 spiro atoms. The van der Waals surface area contributed by atoms with E-state index in [1.54, 1.807) is 0 Å². The molecule has 2 aromatic rings. The Morgan fingerprint density at radius 3 is 2.24 bits per heavy atom. The van der Waals surface area contributed by atoms with E-state index in [0.29, 0.717) is 6.92 Å². The third kappa shape index (κ3) is 6.47. The van der Waals surface area contributed by atoms with E-state index in [4.69, 9.17) is 0 Å². The summed E-state index contributed by atoms with van der Waals surface area (Å²) in [5.41, 5.74) is -0.559. The molecule has 1 unspecified atom stereocenters. The van der Waals surface area contributed by atoms with Crippen LogP contribution in [0.2, 0.25) is 0 Å². The molecule has 0 N–H and O–H groups in total. The monoisotopic (exact) mass is 538 g/mol. The molecule has 3 rings (SSSR count). The van der Waals surface area contributed by atoms with Crippen LogP contribution in [0.4, 0.5) is 28.2 Å². The molecular weight excluding hydrogens is 521 g/mol. The standard InChI is InChI=1S/C18H17F7N2O3S3/c1-18(19,20)15-10-31-16(26-15)9-27(13-6-7-32(29,30)11-13)17(28)8-12-2-4-14(5-3-12)33(21,22,23,24)25/h2-7,10,13H,8-9,11H2,1H3. The highest BCUT2D eigenvalue weighted by Crippen LogP contribution is 3.02. The molecule has 0 bridgehead atoms. The molecule has 1 aliphatic rings. The van der Waals surface area contributed by atoms with Crippen molar-refractivity contribution >= 4 is 37.3 Å². The van der Waals surface area contributed by atoms with E-state index in [1.165, 1.54) is 6.08 Å². The zero-order chi connectivity index (χ0) is 24.9. The van der Waals surface area contributed by atoms with Gasteiger partial charge in [0.05, 0.1) is 24.8 Å². The van der Waals surface area contributed by atoms with Gasteiger partial charge in [0, 0.05) is 17.7 Å². The summed E-state index contributed by atoms with van der Waals surface area (Å²) in [6.45, 7) is 0.310. The molecule has 0 radical (unpaired) electrons. The molecule has 5 nitrogen and oxygen atoms in total. The minimum absolute atomic E-state index is 0.0275. The van der Waals surface area contributed by atoms with Crippen molar-refractivity contribution in [2.75, 3.05) is 5.75 Å². The van der Waals surface area contributed by atoms with E-state index in [0.717, 1.165) is 39.2 Å². The van der Waals surface area contributed by atoms with Crippen molar-refractivity contribution in [3.05, 3.63) is 57.4 Å². The predicted octanol–water partition coefficient (Wildman–Crippen LogP) is 5.79. The Balaban J connectivity index is 1.84. The number of rotatable bonds is 7. The predicted molar refractivity (Wildman–Crippen MR) is 110 cm³/mol. The SMILES string of the molecule is CC(F)(F)c1csc(CN(C(=O)Cc2ccc(S(F)(F)(F)(F)F)cc2)C2C=CS(=O)(=O)C2)n1. The summed E-state index contributed by atoms with van der Waals surface area (Å²) < 4.78 is 115. The number of sulfone groups is 1. The van der Waals surface area contributed by atoms with Gasteiger partial charge in [0.25, 0.3) is 5.92 Å².